The molecule has 0 atom stereocenters. The molecule has 0 aliphatic heterocycles. The Morgan fingerprint density at radius 2 is 1.20 bits per heavy atom. The fraction of sp³-hybridized carbons (Fsp3) is 0. The van der Waals surface area contributed by atoms with Gasteiger partial charge in [-0.3, -0.25) is 0 Å². The molecule has 6 aromatic carbocycles. The molecular formula is C45H28GeN3OS. The Hall–Kier alpha value is -5.89. The van der Waals surface area contributed by atoms with Crippen LogP contribution in [-0.4, -0.2) is 27.6 Å². The fourth-order valence-corrected chi connectivity index (χ4v) is 15.0. The molecule has 0 N–H and O–H groups in total. The van der Waals surface area contributed by atoms with Crippen molar-refractivity contribution in [3.8, 4) is 16.8 Å². The minimum Gasteiger partial charge on any atom is -0.0617 e. The Labute approximate surface area is 301 Å². The number of rotatable bonds is 5. The summed E-state index contributed by atoms with van der Waals surface area (Å²) >= 11 is -0.519. The molecule has 0 saturated carbocycles. The van der Waals surface area contributed by atoms with Gasteiger partial charge in [-0.25, -0.2) is 0 Å². The number of fused-ring (bicyclic) bond motifs is 9. The predicted molar refractivity (Wildman–Crippen MR) is 215 cm³/mol. The summed E-state index contributed by atoms with van der Waals surface area (Å²) in [6.07, 6.45) is 1.90. The Bertz CT molecular complexity index is 3050. The molecule has 0 unspecified atom stereocenters. The van der Waals surface area contributed by atoms with Crippen molar-refractivity contribution in [3.63, 3.8) is 0 Å². The van der Waals surface area contributed by atoms with E-state index in [9.17, 15) is 0 Å². The number of hydrogen-bond donors (Lipinski definition) is 0. The second-order valence-corrected chi connectivity index (χ2v) is 18.8. The molecule has 11 aromatic rings. The third-order valence-corrected chi connectivity index (χ3v) is 16.9. The minimum absolute atomic E-state index is 0.857. The summed E-state index contributed by atoms with van der Waals surface area (Å²) in [5, 5.41) is 4.68. The normalized spacial score (nSPS) is 12.1. The summed E-state index contributed by atoms with van der Waals surface area (Å²) in [6, 6.07) is 59.2. The molecule has 5 heterocycles. The van der Waals surface area contributed by atoms with Crippen LogP contribution in [0.1, 0.15) is 0 Å². The van der Waals surface area contributed by atoms with Crippen LogP contribution in [0.3, 0.4) is 0 Å². The third-order valence-electron chi connectivity index (χ3n) is 10.1. The van der Waals surface area contributed by atoms with Gasteiger partial charge in [-0.05, 0) is 0 Å². The third kappa shape index (κ3) is 4.35. The summed E-state index contributed by atoms with van der Waals surface area (Å²) in [5.74, 6) is 0. The van der Waals surface area contributed by atoms with Crippen molar-refractivity contribution in [2.45, 2.75) is 0 Å². The summed E-state index contributed by atoms with van der Waals surface area (Å²) in [5.41, 5.74) is 9.81. The zero-order valence-electron chi connectivity index (χ0n) is 27.3. The van der Waals surface area contributed by atoms with Crippen LogP contribution < -0.4 is 8.79 Å². The Kier molecular flexibility index (Phi) is 6.41. The van der Waals surface area contributed by atoms with Crippen LogP contribution in [0.5, 0.6) is 0 Å². The van der Waals surface area contributed by atoms with Crippen LogP contribution in [0.15, 0.2) is 174 Å². The molecule has 0 aliphatic carbocycles. The van der Waals surface area contributed by atoms with Crippen LogP contribution in [0.25, 0.3) is 81.1 Å². The summed E-state index contributed by atoms with van der Waals surface area (Å²) in [4.78, 5) is 5.71. The quantitative estimate of drug-likeness (QED) is 0.165. The van der Waals surface area contributed by atoms with Crippen molar-refractivity contribution >= 4 is 98.9 Å². The van der Waals surface area contributed by atoms with Gasteiger partial charge in [-0.2, -0.15) is 0 Å². The van der Waals surface area contributed by atoms with E-state index >= 15 is 0 Å². The van der Waals surface area contributed by atoms with E-state index in [0.29, 0.717) is 0 Å². The van der Waals surface area contributed by atoms with E-state index in [-0.39, 0.29) is 0 Å². The molecule has 1 radical (unpaired) electrons. The summed E-state index contributed by atoms with van der Waals surface area (Å²) in [7, 11) is 0. The van der Waals surface area contributed by atoms with Gasteiger partial charge in [0.2, 0.25) is 0 Å². The fourth-order valence-electron chi connectivity index (χ4n) is 7.84. The van der Waals surface area contributed by atoms with E-state index in [1.54, 1.807) is 0 Å². The summed E-state index contributed by atoms with van der Waals surface area (Å²) < 4.78 is 16.6. The van der Waals surface area contributed by atoms with Gasteiger partial charge in [0.05, 0.1) is 0 Å². The van der Waals surface area contributed by atoms with Crippen LogP contribution in [-0.2, 0) is 0 Å². The van der Waals surface area contributed by atoms with Gasteiger partial charge in [-0.1, -0.05) is 18.2 Å². The molecule has 5 aromatic heterocycles. The van der Waals surface area contributed by atoms with Crippen molar-refractivity contribution in [1.29, 1.82) is 0 Å². The topological polar surface area (TPSA) is 35.9 Å². The van der Waals surface area contributed by atoms with Gasteiger partial charge in [0.25, 0.3) is 0 Å². The molecule has 4 nitrogen and oxygen atoms in total. The first-order chi connectivity index (χ1) is 25.3. The predicted octanol–water partition coefficient (Wildman–Crippen LogP) is 10.6. The number of benzene rings is 6. The van der Waals surface area contributed by atoms with Gasteiger partial charge < -0.3 is 0 Å². The Morgan fingerprint density at radius 3 is 1.94 bits per heavy atom. The van der Waals surface area contributed by atoms with E-state index < -0.39 is 14.6 Å². The minimum atomic E-state index is -2.39. The van der Waals surface area contributed by atoms with Crippen molar-refractivity contribution < 1.29 is 4.42 Å². The molecule has 0 amide bonds. The number of pyridine rings is 1. The maximum atomic E-state index is 6.25. The van der Waals surface area contributed by atoms with Crippen molar-refractivity contribution in [2.75, 3.05) is 0 Å². The molecule has 0 fully saturated rings. The smallest absolute Gasteiger partial charge is 0.0617 e. The number of thiophene rings is 1. The number of aromatic nitrogens is 3. The van der Waals surface area contributed by atoms with Gasteiger partial charge in [-0.15, -0.1) is 0 Å². The zero-order valence-corrected chi connectivity index (χ0v) is 30.2. The Morgan fingerprint density at radius 1 is 0.549 bits per heavy atom. The molecule has 51 heavy (non-hydrogen) atoms. The second kappa shape index (κ2) is 11.3. The number of nitrogens with zero attached hydrogens (tertiary/aromatic N) is 3. The molecule has 11 rings (SSSR count). The SMILES string of the molecule is c1ccc(-c2ccc3occ(-n4c5ccccc5c5cc6sc7c8ccccc8[n]([Ge]([c]8ccccc8)[c]8ccccc8)c7c6nc54)c3c2)cc1. The van der Waals surface area contributed by atoms with Crippen LogP contribution in [0, 0.1) is 0 Å². The average Bonchev–Trinajstić information content (AvgIpc) is 3.94. The van der Waals surface area contributed by atoms with E-state index in [4.69, 9.17) is 9.40 Å². The van der Waals surface area contributed by atoms with Gasteiger partial charge in [0, 0.05) is 0 Å². The van der Waals surface area contributed by atoms with E-state index in [2.05, 4.69) is 172 Å². The second-order valence-electron chi connectivity index (χ2n) is 13.0. The number of furan rings is 1. The van der Waals surface area contributed by atoms with Crippen LogP contribution in [0.4, 0.5) is 0 Å². The zero-order chi connectivity index (χ0) is 33.5. The van der Waals surface area contributed by atoms with Crippen molar-refractivity contribution in [1.82, 2.24) is 13.1 Å². The molecular weight excluding hydrogens is 703 g/mol. The van der Waals surface area contributed by atoms with Gasteiger partial charge in [0.1, 0.15) is 0 Å². The van der Waals surface area contributed by atoms with Gasteiger partial charge in [0.15, 0.2) is 0 Å². The molecule has 0 spiro atoms. The van der Waals surface area contributed by atoms with E-state index in [1.807, 2.05) is 17.6 Å². The van der Waals surface area contributed by atoms with E-state index in [1.165, 1.54) is 45.6 Å². The molecule has 0 aliphatic rings. The first-order valence-corrected chi connectivity index (χ1v) is 21.0. The molecule has 6 heteroatoms. The molecule has 0 bridgehead atoms. The van der Waals surface area contributed by atoms with Crippen molar-refractivity contribution in [3.05, 3.63) is 170 Å². The number of hydrogen-bond acceptors (Lipinski definition) is 3. The van der Waals surface area contributed by atoms with Crippen LogP contribution >= 0.6 is 11.3 Å². The first-order valence-electron chi connectivity index (χ1n) is 17.1. The average molecular weight is 731 g/mol. The monoisotopic (exact) mass is 732 g/mol. The Balaban J connectivity index is 1.25. The summed E-state index contributed by atoms with van der Waals surface area (Å²) in [6.45, 7) is 0. The van der Waals surface area contributed by atoms with E-state index in [0.717, 1.165) is 44.3 Å². The standard InChI is InChI=1S/C45H28GeN3OS/c1-4-14-29(15-5-1)30-24-25-40-36(26-30)39(28-50-40)48-37-22-12-10-20-33(37)35-27-41-42(47-45(35)48)43-44(51-41)34-21-11-13-23-38(34)49(43)46(31-16-6-2-7-17-31)32-18-8-3-9-19-32/h1-28H. The molecule has 0 saturated heterocycles. The molecule has 239 valence electrons. The van der Waals surface area contributed by atoms with Crippen LogP contribution in [0.2, 0.25) is 0 Å². The maximum absolute atomic E-state index is 6.25. The van der Waals surface area contributed by atoms with Crippen molar-refractivity contribution in [2.24, 2.45) is 0 Å². The first kappa shape index (κ1) is 28.9. The number of para-hydroxylation sites is 2. The van der Waals surface area contributed by atoms with Gasteiger partial charge >= 0.3 is 285 Å².